The molecule has 1 amide bonds. The third-order valence-electron chi connectivity index (χ3n) is 3.29. The van der Waals surface area contributed by atoms with Gasteiger partial charge in [-0.1, -0.05) is 6.92 Å². The molecule has 0 saturated carbocycles. The Balaban J connectivity index is 2.23. The van der Waals surface area contributed by atoms with Crippen LogP contribution in [0.3, 0.4) is 0 Å². The zero-order valence-electron chi connectivity index (χ0n) is 10.5. The van der Waals surface area contributed by atoms with Crippen molar-refractivity contribution in [3.05, 3.63) is 0 Å². The Kier molecular flexibility index (Phi) is 5.22. The lowest BCUT2D eigenvalue weighted by Gasteiger charge is -2.22. The Morgan fingerprint density at radius 2 is 2.31 bits per heavy atom. The number of rotatable bonds is 6. The number of carbonyl (C=O) groups is 1. The van der Waals surface area contributed by atoms with Crippen LogP contribution in [0.2, 0.25) is 0 Å². The molecule has 1 unspecified atom stereocenters. The average Bonchev–Trinajstić information content (AvgIpc) is 2.68. The maximum Gasteiger partial charge on any atom is 0.222 e. The lowest BCUT2D eigenvalue weighted by atomic mass is 9.90. The van der Waals surface area contributed by atoms with Crippen molar-refractivity contribution in [2.45, 2.75) is 33.1 Å². The first-order chi connectivity index (χ1) is 7.61. The first-order valence-electron chi connectivity index (χ1n) is 6.17. The predicted octanol–water partition coefficient (Wildman–Crippen LogP) is 1.00. The topological polar surface area (TPSA) is 55.6 Å². The minimum absolute atomic E-state index is 0.135. The minimum Gasteiger partial charge on any atom is -0.382 e. The van der Waals surface area contributed by atoms with Crippen LogP contribution in [0, 0.1) is 5.41 Å². The van der Waals surface area contributed by atoms with E-state index in [2.05, 4.69) is 6.92 Å². The molecule has 1 aliphatic rings. The van der Waals surface area contributed by atoms with Crippen molar-refractivity contribution in [1.82, 2.24) is 4.90 Å². The fourth-order valence-corrected chi connectivity index (χ4v) is 2.03. The number of nitrogens with two attached hydrogens (primary N) is 1. The van der Waals surface area contributed by atoms with Gasteiger partial charge in [0.15, 0.2) is 0 Å². The molecule has 4 heteroatoms. The monoisotopic (exact) mass is 228 g/mol. The quantitative estimate of drug-likeness (QED) is 0.690. The van der Waals surface area contributed by atoms with Gasteiger partial charge in [0.1, 0.15) is 0 Å². The molecule has 0 aromatic carbocycles. The number of likely N-dealkylation sites (tertiary alicyclic amines) is 1. The number of amides is 1. The molecule has 1 saturated heterocycles. The molecule has 0 aliphatic carbocycles. The van der Waals surface area contributed by atoms with E-state index in [0.29, 0.717) is 19.6 Å². The zero-order chi connectivity index (χ0) is 12.0. The number of carbonyl (C=O) groups excluding carboxylic acids is 1. The third-order valence-corrected chi connectivity index (χ3v) is 3.29. The van der Waals surface area contributed by atoms with Gasteiger partial charge in [-0.2, -0.15) is 0 Å². The molecule has 94 valence electrons. The van der Waals surface area contributed by atoms with Crippen LogP contribution < -0.4 is 5.73 Å². The normalized spacial score (nSPS) is 25.1. The van der Waals surface area contributed by atoms with Gasteiger partial charge in [0, 0.05) is 32.7 Å². The standard InChI is InChI=1S/C12H24N2O2/c1-3-16-8-4-5-11(15)14-7-6-12(2,9-13)10-14/h3-10,13H2,1-2H3. The fraction of sp³-hybridized carbons (Fsp3) is 0.917. The van der Waals surface area contributed by atoms with E-state index in [9.17, 15) is 4.79 Å². The average molecular weight is 228 g/mol. The second kappa shape index (κ2) is 6.21. The van der Waals surface area contributed by atoms with Crippen molar-refractivity contribution >= 4 is 5.91 Å². The van der Waals surface area contributed by atoms with Crippen molar-refractivity contribution in [2.24, 2.45) is 11.1 Å². The zero-order valence-corrected chi connectivity index (χ0v) is 10.5. The summed E-state index contributed by atoms with van der Waals surface area (Å²) < 4.78 is 5.22. The number of hydrogen-bond acceptors (Lipinski definition) is 3. The van der Waals surface area contributed by atoms with E-state index in [-0.39, 0.29) is 11.3 Å². The lowest BCUT2D eigenvalue weighted by Crippen LogP contribution is -2.34. The van der Waals surface area contributed by atoms with Gasteiger partial charge in [-0.15, -0.1) is 0 Å². The highest BCUT2D eigenvalue weighted by Gasteiger charge is 2.34. The van der Waals surface area contributed by atoms with Crippen LogP contribution in [0.5, 0.6) is 0 Å². The lowest BCUT2D eigenvalue weighted by molar-refractivity contribution is -0.130. The van der Waals surface area contributed by atoms with E-state index in [1.807, 2.05) is 11.8 Å². The third kappa shape index (κ3) is 3.76. The summed E-state index contributed by atoms with van der Waals surface area (Å²) in [6.07, 6.45) is 2.45. The number of nitrogens with zero attached hydrogens (tertiary/aromatic N) is 1. The Labute approximate surface area is 98.1 Å². The summed E-state index contributed by atoms with van der Waals surface area (Å²) in [6.45, 7) is 7.87. The van der Waals surface area contributed by atoms with Crippen molar-refractivity contribution < 1.29 is 9.53 Å². The molecule has 1 heterocycles. The summed E-state index contributed by atoms with van der Waals surface area (Å²) in [5.74, 6) is 0.247. The molecule has 1 fully saturated rings. The molecular formula is C12H24N2O2. The van der Waals surface area contributed by atoms with Gasteiger partial charge in [-0.05, 0) is 31.7 Å². The van der Waals surface area contributed by atoms with Gasteiger partial charge < -0.3 is 15.4 Å². The van der Waals surface area contributed by atoms with E-state index >= 15 is 0 Å². The Morgan fingerprint density at radius 1 is 1.56 bits per heavy atom. The van der Waals surface area contributed by atoms with Gasteiger partial charge in [-0.3, -0.25) is 4.79 Å². The molecule has 2 N–H and O–H groups in total. The molecule has 0 aromatic rings. The Bertz CT molecular complexity index is 233. The van der Waals surface area contributed by atoms with Crippen LogP contribution >= 0.6 is 0 Å². The summed E-state index contributed by atoms with van der Waals surface area (Å²) in [7, 11) is 0. The van der Waals surface area contributed by atoms with Gasteiger partial charge in [0.2, 0.25) is 5.91 Å². The smallest absolute Gasteiger partial charge is 0.222 e. The van der Waals surface area contributed by atoms with E-state index in [4.69, 9.17) is 10.5 Å². The molecule has 0 spiro atoms. The molecule has 0 radical (unpaired) electrons. The molecule has 0 aromatic heterocycles. The minimum atomic E-state index is 0.135. The molecule has 1 atom stereocenters. The van der Waals surface area contributed by atoms with E-state index in [1.54, 1.807) is 0 Å². The highest BCUT2D eigenvalue weighted by Crippen LogP contribution is 2.28. The summed E-state index contributed by atoms with van der Waals surface area (Å²) in [5, 5.41) is 0. The summed E-state index contributed by atoms with van der Waals surface area (Å²) in [5.41, 5.74) is 5.85. The van der Waals surface area contributed by atoms with Crippen molar-refractivity contribution in [3.8, 4) is 0 Å². The Morgan fingerprint density at radius 3 is 2.88 bits per heavy atom. The van der Waals surface area contributed by atoms with E-state index in [0.717, 1.165) is 32.5 Å². The van der Waals surface area contributed by atoms with Gasteiger partial charge >= 0.3 is 0 Å². The highest BCUT2D eigenvalue weighted by atomic mass is 16.5. The van der Waals surface area contributed by atoms with Crippen molar-refractivity contribution in [2.75, 3.05) is 32.8 Å². The molecule has 16 heavy (non-hydrogen) atoms. The van der Waals surface area contributed by atoms with E-state index < -0.39 is 0 Å². The molecule has 1 rings (SSSR count). The summed E-state index contributed by atoms with van der Waals surface area (Å²) in [6, 6.07) is 0. The molecule has 4 nitrogen and oxygen atoms in total. The maximum absolute atomic E-state index is 11.8. The second-order valence-corrected chi connectivity index (χ2v) is 4.88. The Hall–Kier alpha value is -0.610. The maximum atomic E-state index is 11.8. The van der Waals surface area contributed by atoms with Crippen LogP contribution in [-0.2, 0) is 9.53 Å². The first-order valence-corrected chi connectivity index (χ1v) is 6.17. The van der Waals surface area contributed by atoms with Crippen LogP contribution in [-0.4, -0.2) is 43.7 Å². The van der Waals surface area contributed by atoms with Crippen LogP contribution in [0.15, 0.2) is 0 Å². The van der Waals surface area contributed by atoms with E-state index in [1.165, 1.54) is 0 Å². The highest BCUT2D eigenvalue weighted by molar-refractivity contribution is 5.76. The fourth-order valence-electron chi connectivity index (χ4n) is 2.03. The van der Waals surface area contributed by atoms with Gasteiger partial charge in [0.05, 0.1) is 0 Å². The van der Waals surface area contributed by atoms with Gasteiger partial charge in [0.25, 0.3) is 0 Å². The summed E-state index contributed by atoms with van der Waals surface area (Å²) in [4.78, 5) is 13.8. The SMILES string of the molecule is CCOCCCC(=O)N1CCC(C)(CN)C1. The molecule has 0 bridgehead atoms. The van der Waals surface area contributed by atoms with Crippen molar-refractivity contribution in [1.29, 1.82) is 0 Å². The van der Waals surface area contributed by atoms with Crippen LogP contribution in [0.4, 0.5) is 0 Å². The first kappa shape index (κ1) is 13.5. The van der Waals surface area contributed by atoms with Crippen LogP contribution in [0.25, 0.3) is 0 Å². The predicted molar refractivity (Wildman–Crippen MR) is 64.1 cm³/mol. The number of ether oxygens (including phenoxy) is 1. The number of hydrogen-bond donors (Lipinski definition) is 1. The second-order valence-electron chi connectivity index (χ2n) is 4.88. The van der Waals surface area contributed by atoms with Crippen molar-refractivity contribution in [3.63, 3.8) is 0 Å². The largest absolute Gasteiger partial charge is 0.382 e. The van der Waals surface area contributed by atoms with Gasteiger partial charge in [-0.25, -0.2) is 0 Å². The summed E-state index contributed by atoms with van der Waals surface area (Å²) >= 11 is 0. The molecular weight excluding hydrogens is 204 g/mol. The molecule has 1 aliphatic heterocycles. The van der Waals surface area contributed by atoms with Crippen LogP contribution in [0.1, 0.15) is 33.1 Å².